The average molecular weight is 299 g/mol. The standard InChI is InChI=1S/C16H10FNO2S/c17-11-7-5-10(6-8-11)14(19)9-13-16(20)21-15-4-2-1-3-12(15)18-13/h1-9,19H. The molecule has 0 bridgehead atoms. The minimum absolute atomic E-state index is 0.123. The van der Waals surface area contributed by atoms with Crippen LogP contribution in [0.1, 0.15) is 11.3 Å². The number of benzene rings is 2. The Morgan fingerprint density at radius 1 is 1.14 bits per heavy atom. The molecule has 3 nitrogen and oxygen atoms in total. The SMILES string of the molecule is O=c1sc2ccccc2nc1C=C(O)c1ccc(F)cc1. The zero-order chi connectivity index (χ0) is 14.8. The molecule has 0 fully saturated rings. The van der Waals surface area contributed by atoms with E-state index in [0.29, 0.717) is 11.1 Å². The Morgan fingerprint density at radius 3 is 2.62 bits per heavy atom. The number of halogens is 1. The van der Waals surface area contributed by atoms with Crippen LogP contribution in [-0.4, -0.2) is 10.1 Å². The molecule has 0 spiro atoms. The zero-order valence-electron chi connectivity index (χ0n) is 10.8. The lowest BCUT2D eigenvalue weighted by molar-refractivity contribution is 0.515. The third kappa shape index (κ3) is 2.83. The molecule has 0 atom stereocenters. The molecule has 1 heterocycles. The molecule has 1 aromatic heterocycles. The summed E-state index contributed by atoms with van der Waals surface area (Å²) >= 11 is 1.07. The Morgan fingerprint density at radius 2 is 1.86 bits per heavy atom. The summed E-state index contributed by atoms with van der Waals surface area (Å²) in [5, 5.41) is 10.0. The fourth-order valence-electron chi connectivity index (χ4n) is 1.89. The maximum absolute atomic E-state index is 12.9. The number of para-hydroxylation sites is 1. The minimum Gasteiger partial charge on any atom is -0.507 e. The van der Waals surface area contributed by atoms with Crippen LogP contribution >= 0.6 is 11.3 Å². The zero-order valence-corrected chi connectivity index (χ0v) is 11.6. The van der Waals surface area contributed by atoms with Crippen LogP contribution in [-0.2, 0) is 0 Å². The number of aromatic nitrogens is 1. The Bertz CT molecular complexity index is 885. The molecule has 0 saturated heterocycles. The molecule has 104 valence electrons. The first-order valence-corrected chi connectivity index (χ1v) is 7.01. The monoisotopic (exact) mass is 299 g/mol. The van der Waals surface area contributed by atoms with Crippen LogP contribution in [0.3, 0.4) is 0 Å². The second-order valence-corrected chi connectivity index (χ2v) is 5.41. The molecule has 0 aliphatic rings. The van der Waals surface area contributed by atoms with Gasteiger partial charge in [-0.2, -0.15) is 0 Å². The molecule has 3 aromatic rings. The number of fused-ring (bicyclic) bond motifs is 1. The highest BCUT2D eigenvalue weighted by atomic mass is 32.1. The molecular formula is C16H10FNO2S. The Balaban J connectivity index is 2.07. The van der Waals surface area contributed by atoms with Crippen molar-refractivity contribution in [3.63, 3.8) is 0 Å². The summed E-state index contributed by atoms with van der Waals surface area (Å²) in [4.78, 5) is 16.2. The van der Waals surface area contributed by atoms with Crippen molar-refractivity contribution in [1.82, 2.24) is 4.98 Å². The Hall–Kier alpha value is -2.53. The van der Waals surface area contributed by atoms with Gasteiger partial charge in [0.1, 0.15) is 17.3 Å². The number of hydrogen-bond donors (Lipinski definition) is 1. The molecule has 0 saturated carbocycles. The van der Waals surface area contributed by atoms with Gasteiger partial charge in [-0.15, -0.1) is 0 Å². The second kappa shape index (κ2) is 5.46. The van der Waals surface area contributed by atoms with Crippen molar-refractivity contribution in [2.45, 2.75) is 0 Å². The molecule has 1 N–H and O–H groups in total. The van der Waals surface area contributed by atoms with Crippen molar-refractivity contribution >= 4 is 33.4 Å². The van der Waals surface area contributed by atoms with E-state index in [1.807, 2.05) is 18.2 Å². The van der Waals surface area contributed by atoms with Gasteiger partial charge in [-0.1, -0.05) is 23.5 Å². The van der Waals surface area contributed by atoms with Gasteiger partial charge in [0.15, 0.2) is 0 Å². The van der Waals surface area contributed by atoms with Gasteiger partial charge in [0.25, 0.3) is 4.74 Å². The van der Waals surface area contributed by atoms with E-state index < -0.39 is 0 Å². The van der Waals surface area contributed by atoms with Gasteiger partial charge in [0.2, 0.25) is 0 Å². The van der Waals surface area contributed by atoms with Crippen molar-refractivity contribution in [1.29, 1.82) is 0 Å². The van der Waals surface area contributed by atoms with Crippen LogP contribution in [0.15, 0.2) is 53.3 Å². The van der Waals surface area contributed by atoms with Gasteiger partial charge in [-0.3, -0.25) is 4.79 Å². The summed E-state index contributed by atoms with van der Waals surface area (Å²) in [6.45, 7) is 0. The summed E-state index contributed by atoms with van der Waals surface area (Å²) in [5.41, 5.74) is 1.29. The number of rotatable bonds is 2. The third-order valence-electron chi connectivity index (χ3n) is 2.93. The quantitative estimate of drug-likeness (QED) is 0.731. The lowest BCUT2D eigenvalue weighted by Gasteiger charge is -2.01. The van der Waals surface area contributed by atoms with E-state index in [2.05, 4.69) is 4.98 Å². The Kier molecular flexibility index (Phi) is 3.50. The van der Waals surface area contributed by atoms with Gasteiger partial charge in [0, 0.05) is 11.6 Å². The van der Waals surface area contributed by atoms with E-state index in [-0.39, 0.29) is 22.0 Å². The summed E-state index contributed by atoms with van der Waals surface area (Å²) in [7, 11) is 0. The molecule has 3 rings (SSSR count). The fraction of sp³-hybridized carbons (Fsp3) is 0. The molecule has 0 amide bonds. The first-order valence-electron chi connectivity index (χ1n) is 6.20. The maximum atomic E-state index is 12.9. The van der Waals surface area contributed by atoms with Gasteiger partial charge in [-0.05, 0) is 36.4 Å². The summed E-state index contributed by atoms with van der Waals surface area (Å²) < 4.78 is 13.4. The van der Waals surface area contributed by atoms with Crippen molar-refractivity contribution in [2.24, 2.45) is 0 Å². The third-order valence-corrected chi connectivity index (χ3v) is 3.89. The van der Waals surface area contributed by atoms with Gasteiger partial charge in [-0.25, -0.2) is 9.37 Å². The molecule has 0 radical (unpaired) electrons. The topological polar surface area (TPSA) is 50.2 Å². The number of aliphatic hydroxyl groups is 1. The number of nitrogens with zero attached hydrogens (tertiary/aromatic N) is 1. The highest BCUT2D eigenvalue weighted by Crippen LogP contribution is 2.17. The van der Waals surface area contributed by atoms with Crippen molar-refractivity contribution < 1.29 is 9.50 Å². The predicted octanol–water partition coefficient (Wildman–Crippen LogP) is 3.85. The normalized spacial score (nSPS) is 11.8. The first kappa shape index (κ1) is 13.5. The van der Waals surface area contributed by atoms with Crippen molar-refractivity contribution in [2.75, 3.05) is 0 Å². The summed E-state index contributed by atoms with van der Waals surface area (Å²) in [5.74, 6) is -0.510. The van der Waals surface area contributed by atoms with Gasteiger partial charge >= 0.3 is 0 Å². The smallest absolute Gasteiger partial charge is 0.258 e. The highest BCUT2D eigenvalue weighted by Gasteiger charge is 2.06. The number of aliphatic hydroxyl groups excluding tert-OH is 1. The molecule has 0 aliphatic carbocycles. The van der Waals surface area contributed by atoms with Crippen LogP contribution in [0.4, 0.5) is 4.39 Å². The van der Waals surface area contributed by atoms with Gasteiger partial charge in [0.05, 0.1) is 10.2 Å². The van der Waals surface area contributed by atoms with Crippen LogP contribution < -0.4 is 4.74 Å². The molecule has 0 unspecified atom stereocenters. The van der Waals surface area contributed by atoms with E-state index in [1.54, 1.807) is 6.07 Å². The van der Waals surface area contributed by atoms with E-state index in [9.17, 15) is 14.3 Å². The fourth-order valence-corrected chi connectivity index (χ4v) is 2.66. The second-order valence-electron chi connectivity index (χ2n) is 4.39. The van der Waals surface area contributed by atoms with Crippen LogP contribution in [0.5, 0.6) is 0 Å². The van der Waals surface area contributed by atoms with E-state index in [4.69, 9.17) is 0 Å². The molecule has 5 heteroatoms. The van der Waals surface area contributed by atoms with Crippen molar-refractivity contribution in [3.05, 3.63) is 75.1 Å². The number of hydrogen-bond acceptors (Lipinski definition) is 4. The summed E-state index contributed by atoms with van der Waals surface area (Å²) in [6, 6.07) is 12.7. The first-order chi connectivity index (χ1) is 10.1. The highest BCUT2D eigenvalue weighted by molar-refractivity contribution is 7.16. The maximum Gasteiger partial charge on any atom is 0.258 e. The van der Waals surface area contributed by atoms with Crippen LogP contribution in [0.25, 0.3) is 22.1 Å². The lowest BCUT2D eigenvalue weighted by Crippen LogP contribution is -2.03. The van der Waals surface area contributed by atoms with Crippen LogP contribution in [0.2, 0.25) is 0 Å². The molecule has 2 aromatic carbocycles. The lowest BCUT2D eigenvalue weighted by atomic mass is 10.1. The van der Waals surface area contributed by atoms with Gasteiger partial charge < -0.3 is 5.11 Å². The predicted molar refractivity (Wildman–Crippen MR) is 82.8 cm³/mol. The van der Waals surface area contributed by atoms with E-state index >= 15 is 0 Å². The van der Waals surface area contributed by atoms with Crippen molar-refractivity contribution in [3.8, 4) is 0 Å². The minimum atomic E-state index is -0.387. The van der Waals surface area contributed by atoms with Crippen LogP contribution in [0, 0.1) is 5.82 Å². The Labute approximate surface area is 123 Å². The summed E-state index contributed by atoms with van der Waals surface area (Å²) in [6.07, 6.45) is 1.30. The molecular weight excluding hydrogens is 289 g/mol. The largest absolute Gasteiger partial charge is 0.507 e. The molecule has 21 heavy (non-hydrogen) atoms. The average Bonchev–Trinajstić information content (AvgIpc) is 2.48. The van der Waals surface area contributed by atoms with E-state index in [1.165, 1.54) is 30.3 Å². The van der Waals surface area contributed by atoms with E-state index in [0.717, 1.165) is 16.0 Å². The molecule has 0 aliphatic heterocycles.